The molecular formula is C19H17ClFN7O2. The number of hydrogen-bond donors (Lipinski definition) is 5. The Balaban J connectivity index is 1.73. The highest BCUT2D eigenvalue weighted by Crippen LogP contribution is 2.48. The van der Waals surface area contributed by atoms with E-state index in [2.05, 4.69) is 20.6 Å². The number of fused-ring (bicyclic) bond motifs is 4. The number of aliphatic hydroxyl groups is 1. The van der Waals surface area contributed by atoms with Gasteiger partial charge in [-0.25, -0.2) is 14.4 Å². The highest BCUT2D eigenvalue weighted by molar-refractivity contribution is 6.31. The summed E-state index contributed by atoms with van der Waals surface area (Å²) in [6.07, 6.45) is 0.248. The van der Waals surface area contributed by atoms with Gasteiger partial charge in [-0.15, -0.1) is 0 Å². The van der Waals surface area contributed by atoms with Gasteiger partial charge in [-0.3, -0.25) is 14.7 Å². The largest absolute Gasteiger partial charge is 0.384 e. The fraction of sp³-hybridized carbons (Fsp3) is 0.211. The van der Waals surface area contributed by atoms with Crippen molar-refractivity contribution in [2.24, 2.45) is 5.73 Å². The van der Waals surface area contributed by atoms with Crippen LogP contribution in [0.25, 0.3) is 0 Å². The van der Waals surface area contributed by atoms with Gasteiger partial charge >= 0.3 is 0 Å². The van der Waals surface area contributed by atoms with Crippen molar-refractivity contribution in [2.45, 2.75) is 24.4 Å². The van der Waals surface area contributed by atoms with Gasteiger partial charge in [0.2, 0.25) is 0 Å². The zero-order valence-electron chi connectivity index (χ0n) is 15.4. The fourth-order valence-corrected chi connectivity index (χ4v) is 4.65. The molecule has 0 amide bonds. The molecule has 0 fully saturated rings. The molecule has 30 heavy (non-hydrogen) atoms. The molecule has 2 unspecified atom stereocenters. The molecule has 5 rings (SSSR count). The maximum atomic E-state index is 14.1. The molecule has 1 aromatic carbocycles. The van der Waals surface area contributed by atoms with Gasteiger partial charge in [0.25, 0.3) is 5.56 Å². The van der Waals surface area contributed by atoms with Crippen LogP contribution in [0.5, 0.6) is 0 Å². The zero-order valence-corrected chi connectivity index (χ0v) is 16.2. The third-order valence-corrected chi connectivity index (χ3v) is 5.84. The van der Waals surface area contributed by atoms with Crippen molar-refractivity contribution in [3.8, 4) is 0 Å². The Morgan fingerprint density at radius 2 is 2.13 bits per heavy atom. The first kappa shape index (κ1) is 18.9. The maximum absolute atomic E-state index is 14.1. The summed E-state index contributed by atoms with van der Waals surface area (Å²) < 4.78 is 15.4. The molecule has 3 heterocycles. The summed E-state index contributed by atoms with van der Waals surface area (Å²) in [5, 5.41) is 16.7. The number of anilines is 3. The Hall–Kier alpha value is -3.05. The summed E-state index contributed by atoms with van der Waals surface area (Å²) >= 11 is 6.43. The van der Waals surface area contributed by atoms with E-state index in [1.807, 2.05) is 0 Å². The van der Waals surface area contributed by atoms with Gasteiger partial charge in [0.15, 0.2) is 0 Å². The van der Waals surface area contributed by atoms with Crippen molar-refractivity contribution >= 4 is 28.9 Å². The topological polar surface area (TPSA) is 144 Å². The minimum Gasteiger partial charge on any atom is -0.384 e. The lowest BCUT2D eigenvalue weighted by atomic mass is 10.0. The second kappa shape index (κ2) is 6.47. The number of halogens is 2. The van der Waals surface area contributed by atoms with Gasteiger partial charge in [-0.2, -0.15) is 0 Å². The van der Waals surface area contributed by atoms with E-state index in [1.54, 1.807) is 6.07 Å². The lowest BCUT2D eigenvalue weighted by molar-refractivity contribution is 0.117. The Labute approximate surface area is 174 Å². The number of hydrogen-bond acceptors (Lipinski definition) is 8. The van der Waals surface area contributed by atoms with Gasteiger partial charge < -0.3 is 21.9 Å². The van der Waals surface area contributed by atoms with Crippen molar-refractivity contribution in [2.75, 3.05) is 11.1 Å². The third-order valence-electron chi connectivity index (χ3n) is 5.53. The Morgan fingerprint density at radius 1 is 1.33 bits per heavy atom. The van der Waals surface area contributed by atoms with Crippen molar-refractivity contribution < 1.29 is 9.50 Å². The van der Waals surface area contributed by atoms with E-state index in [0.29, 0.717) is 16.9 Å². The molecule has 1 aliphatic carbocycles. The van der Waals surface area contributed by atoms with E-state index in [9.17, 15) is 14.3 Å². The monoisotopic (exact) mass is 429 g/mol. The molecule has 0 radical (unpaired) electrons. The molecule has 0 bridgehead atoms. The molecule has 154 valence electrons. The maximum Gasteiger partial charge on any atom is 0.276 e. The second-order valence-electron chi connectivity index (χ2n) is 7.33. The van der Waals surface area contributed by atoms with Crippen LogP contribution in [0.2, 0.25) is 5.02 Å². The van der Waals surface area contributed by atoms with Gasteiger partial charge in [-0.05, 0) is 23.8 Å². The van der Waals surface area contributed by atoms with Gasteiger partial charge in [0.1, 0.15) is 41.4 Å². The number of nitrogens with one attached hydrogen (secondary N) is 2. The van der Waals surface area contributed by atoms with Crippen LogP contribution in [-0.4, -0.2) is 19.6 Å². The van der Waals surface area contributed by atoms with E-state index < -0.39 is 29.3 Å². The molecule has 1 spiro atoms. The Morgan fingerprint density at radius 3 is 2.90 bits per heavy atom. The first-order chi connectivity index (χ1) is 14.3. The zero-order chi connectivity index (χ0) is 21.2. The first-order valence-corrected chi connectivity index (χ1v) is 9.50. The summed E-state index contributed by atoms with van der Waals surface area (Å²) in [6, 6.07) is 6.63. The molecule has 3 atom stereocenters. The number of pyridine rings is 1. The average molecular weight is 430 g/mol. The smallest absolute Gasteiger partial charge is 0.276 e. The molecule has 3 aromatic rings. The molecule has 2 aliphatic rings. The van der Waals surface area contributed by atoms with Crippen LogP contribution < -0.4 is 27.7 Å². The molecule has 7 N–H and O–H groups in total. The molecule has 2 aromatic heterocycles. The summed E-state index contributed by atoms with van der Waals surface area (Å²) in [4.78, 5) is 21.3. The van der Waals surface area contributed by atoms with Crippen molar-refractivity contribution in [3.05, 3.63) is 74.7 Å². The molecule has 1 aliphatic heterocycles. The van der Waals surface area contributed by atoms with Crippen molar-refractivity contribution in [3.63, 3.8) is 0 Å². The SMILES string of the molecule is Nc1cc(Nc2cc(Cl)c3n(c2=O)C2(C[C@H](N)c4ccc(F)cc42)NC3O)ncn1. The highest BCUT2D eigenvalue weighted by Gasteiger charge is 2.52. The van der Waals surface area contributed by atoms with Crippen LogP contribution >= 0.6 is 11.6 Å². The van der Waals surface area contributed by atoms with E-state index in [1.165, 1.54) is 35.2 Å². The fourth-order valence-electron chi connectivity index (χ4n) is 4.35. The highest BCUT2D eigenvalue weighted by atomic mass is 35.5. The molecule has 9 nitrogen and oxygen atoms in total. The second-order valence-corrected chi connectivity index (χ2v) is 7.74. The van der Waals surface area contributed by atoms with Crippen LogP contribution in [0.3, 0.4) is 0 Å². The molecule has 11 heteroatoms. The van der Waals surface area contributed by atoms with Gasteiger partial charge in [0, 0.05) is 24.1 Å². The van der Waals surface area contributed by atoms with E-state index in [0.717, 1.165) is 0 Å². The number of rotatable bonds is 2. The van der Waals surface area contributed by atoms with Crippen LogP contribution in [0.1, 0.15) is 35.5 Å². The van der Waals surface area contributed by atoms with Crippen LogP contribution in [0.4, 0.5) is 21.7 Å². The molecular weight excluding hydrogens is 413 g/mol. The predicted octanol–water partition coefficient (Wildman–Crippen LogP) is 1.46. The minimum absolute atomic E-state index is 0.107. The van der Waals surface area contributed by atoms with E-state index >= 15 is 0 Å². The number of aliphatic hydroxyl groups excluding tert-OH is 1. The Bertz CT molecular complexity index is 1250. The lowest BCUT2D eigenvalue weighted by Crippen LogP contribution is -2.47. The number of nitrogens with zero attached hydrogens (tertiary/aromatic N) is 3. The van der Waals surface area contributed by atoms with Crippen LogP contribution in [0, 0.1) is 5.82 Å². The number of benzene rings is 1. The van der Waals surface area contributed by atoms with Crippen LogP contribution in [-0.2, 0) is 5.66 Å². The average Bonchev–Trinajstić information content (AvgIpc) is 3.13. The van der Waals surface area contributed by atoms with E-state index in [4.69, 9.17) is 23.1 Å². The lowest BCUT2D eigenvalue weighted by Gasteiger charge is -2.29. The standard InChI is InChI=1S/C19H17ClFN7O2/c20-11-4-13(26-15-5-14(23)24-7-25-15)18(30)28-16(11)17(29)27-19(28)6-12(22)9-2-1-8(21)3-10(9)19/h1-5,7,12,17,27,29H,6,22H2,(H3,23,24,25,26)/t12-,17?,19?/m0/s1. The van der Waals surface area contributed by atoms with E-state index in [-0.39, 0.29) is 28.6 Å². The first-order valence-electron chi connectivity index (χ1n) is 9.12. The number of nitrogens with two attached hydrogens (primary N) is 2. The molecule has 0 saturated carbocycles. The summed E-state index contributed by atoms with van der Waals surface area (Å²) in [5.41, 5.74) is 11.7. The Kier molecular flexibility index (Phi) is 4.09. The number of nitrogen functional groups attached to an aromatic ring is 1. The number of aromatic nitrogens is 3. The summed E-state index contributed by atoms with van der Waals surface area (Å²) in [5.74, 6) is 0.0442. The summed E-state index contributed by atoms with van der Waals surface area (Å²) in [6.45, 7) is 0. The van der Waals surface area contributed by atoms with Crippen molar-refractivity contribution in [1.82, 2.24) is 19.9 Å². The normalized spacial score (nSPS) is 24.1. The quantitative estimate of drug-likeness (QED) is 0.411. The van der Waals surface area contributed by atoms with Crippen LogP contribution in [0.15, 0.2) is 41.5 Å². The predicted molar refractivity (Wildman–Crippen MR) is 109 cm³/mol. The minimum atomic E-state index is -1.24. The van der Waals surface area contributed by atoms with Crippen molar-refractivity contribution in [1.29, 1.82) is 0 Å². The van der Waals surface area contributed by atoms with Gasteiger partial charge in [0.05, 0.1) is 10.7 Å². The van der Waals surface area contributed by atoms with Gasteiger partial charge in [-0.1, -0.05) is 17.7 Å². The third kappa shape index (κ3) is 2.62. The summed E-state index contributed by atoms with van der Waals surface area (Å²) in [7, 11) is 0. The molecule has 0 saturated heterocycles.